The Morgan fingerprint density at radius 1 is 1.30 bits per heavy atom. The summed E-state index contributed by atoms with van der Waals surface area (Å²) in [6.45, 7) is 1.78. The van der Waals surface area contributed by atoms with E-state index in [1.165, 1.54) is 12.1 Å². The van der Waals surface area contributed by atoms with Gasteiger partial charge in [0.1, 0.15) is 18.2 Å². The smallest absolute Gasteiger partial charge is 0.335 e. The molecule has 0 saturated carbocycles. The van der Waals surface area contributed by atoms with E-state index in [9.17, 15) is 9.18 Å². The topological polar surface area (TPSA) is 46.5 Å². The summed E-state index contributed by atoms with van der Waals surface area (Å²) >= 11 is 3.19. The number of halogens is 2. The van der Waals surface area contributed by atoms with Crippen molar-refractivity contribution in [1.82, 2.24) is 0 Å². The molecule has 0 radical (unpaired) electrons. The van der Waals surface area contributed by atoms with Gasteiger partial charge in [0.25, 0.3) is 0 Å². The van der Waals surface area contributed by atoms with E-state index < -0.39 is 5.97 Å². The fourth-order valence-electron chi connectivity index (χ4n) is 1.77. The van der Waals surface area contributed by atoms with Crippen molar-refractivity contribution in [3.8, 4) is 5.75 Å². The van der Waals surface area contributed by atoms with Gasteiger partial charge in [-0.3, -0.25) is 0 Å². The van der Waals surface area contributed by atoms with Crippen LogP contribution in [0.15, 0.2) is 40.9 Å². The van der Waals surface area contributed by atoms with Gasteiger partial charge in [0.15, 0.2) is 0 Å². The first-order valence-corrected chi connectivity index (χ1v) is 6.67. The Kier molecular flexibility index (Phi) is 4.39. The zero-order valence-electron chi connectivity index (χ0n) is 10.7. The first-order chi connectivity index (χ1) is 9.47. The second-order valence-electron chi connectivity index (χ2n) is 4.31. The van der Waals surface area contributed by atoms with Gasteiger partial charge in [-0.15, -0.1) is 0 Å². The molecule has 0 unspecified atom stereocenters. The molecular weight excluding hydrogens is 327 g/mol. The lowest BCUT2D eigenvalue weighted by atomic mass is 10.1. The number of aryl methyl sites for hydroxylation is 1. The molecule has 2 rings (SSSR count). The molecule has 104 valence electrons. The van der Waals surface area contributed by atoms with Crippen LogP contribution in [0.1, 0.15) is 21.5 Å². The molecule has 0 bridgehead atoms. The Hall–Kier alpha value is -1.88. The van der Waals surface area contributed by atoms with Crippen molar-refractivity contribution in [2.24, 2.45) is 0 Å². The molecule has 0 atom stereocenters. The normalized spacial score (nSPS) is 10.3. The fraction of sp³-hybridized carbons (Fsp3) is 0.133. The second-order valence-corrected chi connectivity index (χ2v) is 5.22. The van der Waals surface area contributed by atoms with Crippen molar-refractivity contribution in [2.45, 2.75) is 13.5 Å². The number of aromatic carboxylic acids is 1. The summed E-state index contributed by atoms with van der Waals surface area (Å²) in [7, 11) is 0. The van der Waals surface area contributed by atoms with Gasteiger partial charge in [0, 0.05) is 10.0 Å². The number of carboxylic acids is 1. The summed E-state index contributed by atoms with van der Waals surface area (Å²) in [6.07, 6.45) is 0. The van der Waals surface area contributed by atoms with Crippen LogP contribution < -0.4 is 4.74 Å². The van der Waals surface area contributed by atoms with Gasteiger partial charge in [0.05, 0.1) is 5.56 Å². The van der Waals surface area contributed by atoms with Gasteiger partial charge >= 0.3 is 5.97 Å². The molecule has 0 fully saturated rings. The molecule has 0 spiro atoms. The van der Waals surface area contributed by atoms with Crippen LogP contribution in [0.25, 0.3) is 0 Å². The number of rotatable bonds is 4. The van der Waals surface area contributed by atoms with E-state index in [1.54, 1.807) is 31.2 Å². The standard InChI is InChI=1S/C15H12BrFO3/c1-9-6-12(4-5-13(9)15(18)19)20-8-10-2-3-11(16)7-14(10)17/h2-7H,8H2,1H3,(H,18,19). The summed E-state index contributed by atoms with van der Waals surface area (Å²) in [6, 6.07) is 9.41. The van der Waals surface area contributed by atoms with Gasteiger partial charge < -0.3 is 9.84 Å². The van der Waals surface area contributed by atoms with Gasteiger partial charge in [-0.2, -0.15) is 0 Å². The maximum Gasteiger partial charge on any atom is 0.335 e. The van der Waals surface area contributed by atoms with Crippen LogP contribution in [-0.4, -0.2) is 11.1 Å². The van der Waals surface area contributed by atoms with Gasteiger partial charge in [-0.25, -0.2) is 9.18 Å². The van der Waals surface area contributed by atoms with Crippen molar-refractivity contribution < 1.29 is 19.0 Å². The van der Waals surface area contributed by atoms with Crippen molar-refractivity contribution >= 4 is 21.9 Å². The summed E-state index contributed by atoms with van der Waals surface area (Å²) in [5.41, 5.74) is 1.27. The van der Waals surface area contributed by atoms with Crippen LogP contribution in [-0.2, 0) is 6.61 Å². The second kappa shape index (κ2) is 6.05. The number of carbonyl (C=O) groups is 1. The van der Waals surface area contributed by atoms with Crippen LogP contribution in [0.3, 0.4) is 0 Å². The minimum Gasteiger partial charge on any atom is -0.489 e. The average Bonchev–Trinajstić information content (AvgIpc) is 2.37. The predicted molar refractivity (Wildman–Crippen MR) is 76.6 cm³/mol. The third-order valence-electron chi connectivity index (χ3n) is 2.84. The molecule has 3 nitrogen and oxygen atoms in total. The summed E-state index contributed by atoms with van der Waals surface area (Å²) in [4.78, 5) is 10.9. The zero-order chi connectivity index (χ0) is 14.7. The van der Waals surface area contributed by atoms with Crippen LogP contribution >= 0.6 is 15.9 Å². The number of benzene rings is 2. The van der Waals surface area contributed by atoms with E-state index >= 15 is 0 Å². The van der Waals surface area contributed by atoms with Gasteiger partial charge in [0.2, 0.25) is 0 Å². The number of ether oxygens (including phenoxy) is 1. The molecule has 0 amide bonds. The molecule has 0 saturated heterocycles. The fourth-order valence-corrected chi connectivity index (χ4v) is 2.10. The molecular formula is C15H12BrFO3. The van der Waals surface area contributed by atoms with Gasteiger partial charge in [-0.05, 0) is 42.8 Å². The molecule has 2 aromatic rings. The molecule has 5 heteroatoms. The maximum atomic E-state index is 13.6. The molecule has 2 aromatic carbocycles. The SMILES string of the molecule is Cc1cc(OCc2ccc(Br)cc2F)ccc1C(=O)O. The summed E-state index contributed by atoms with van der Waals surface area (Å²) in [5, 5.41) is 8.93. The van der Waals surface area contributed by atoms with Crippen LogP contribution in [0, 0.1) is 12.7 Å². The Morgan fingerprint density at radius 3 is 2.65 bits per heavy atom. The molecule has 1 N–H and O–H groups in total. The minimum atomic E-state index is -0.979. The number of carboxylic acid groups (broad SMARTS) is 1. The average molecular weight is 339 g/mol. The third-order valence-corrected chi connectivity index (χ3v) is 3.33. The van der Waals surface area contributed by atoms with Gasteiger partial charge in [-0.1, -0.05) is 22.0 Å². The van der Waals surface area contributed by atoms with E-state index in [4.69, 9.17) is 9.84 Å². The van der Waals surface area contributed by atoms with Crippen LogP contribution in [0.4, 0.5) is 4.39 Å². The highest BCUT2D eigenvalue weighted by Gasteiger charge is 2.08. The highest BCUT2D eigenvalue weighted by molar-refractivity contribution is 9.10. The van der Waals surface area contributed by atoms with E-state index in [0.717, 1.165) is 0 Å². The van der Waals surface area contributed by atoms with E-state index in [0.29, 0.717) is 21.3 Å². The number of hydrogen-bond donors (Lipinski definition) is 1. The van der Waals surface area contributed by atoms with Crippen molar-refractivity contribution in [2.75, 3.05) is 0 Å². The molecule has 0 aromatic heterocycles. The lowest BCUT2D eigenvalue weighted by Crippen LogP contribution is -2.02. The molecule has 0 aliphatic heterocycles. The van der Waals surface area contributed by atoms with Crippen molar-refractivity contribution in [3.63, 3.8) is 0 Å². The van der Waals surface area contributed by atoms with Crippen LogP contribution in [0.5, 0.6) is 5.75 Å². The van der Waals surface area contributed by atoms with Crippen molar-refractivity contribution in [1.29, 1.82) is 0 Å². The Labute approximate surface area is 124 Å². The minimum absolute atomic E-state index is 0.0883. The molecule has 20 heavy (non-hydrogen) atoms. The lowest BCUT2D eigenvalue weighted by Gasteiger charge is -2.09. The monoisotopic (exact) mass is 338 g/mol. The first kappa shape index (κ1) is 14.5. The summed E-state index contributed by atoms with van der Waals surface area (Å²) in [5.74, 6) is -0.818. The lowest BCUT2D eigenvalue weighted by molar-refractivity contribution is 0.0696. The Bertz CT molecular complexity index is 656. The predicted octanol–water partition coefficient (Wildman–Crippen LogP) is 4.17. The maximum absolute atomic E-state index is 13.6. The highest BCUT2D eigenvalue weighted by atomic mass is 79.9. The van der Waals surface area contributed by atoms with E-state index in [-0.39, 0.29) is 18.0 Å². The molecule has 0 aliphatic rings. The molecule has 0 aliphatic carbocycles. The largest absolute Gasteiger partial charge is 0.489 e. The van der Waals surface area contributed by atoms with E-state index in [2.05, 4.69) is 15.9 Å². The summed E-state index contributed by atoms with van der Waals surface area (Å²) < 4.78 is 19.8. The third kappa shape index (κ3) is 3.36. The van der Waals surface area contributed by atoms with E-state index in [1.807, 2.05) is 0 Å². The molecule has 0 heterocycles. The first-order valence-electron chi connectivity index (χ1n) is 5.88. The zero-order valence-corrected chi connectivity index (χ0v) is 12.3. The highest BCUT2D eigenvalue weighted by Crippen LogP contribution is 2.20. The quantitative estimate of drug-likeness (QED) is 0.909. The number of hydrogen-bond acceptors (Lipinski definition) is 2. The Balaban J connectivity index is 2.11. The Morgan fingerprint density at radius 2 is 2.05 bits per heavy atom. The van der Waals surface area contributed by atoms with Crippen molar-refractivity contribution in [3.05, 3.63) is 63.4 Å². The van der Waals surface area contributed by atoms with Crippen LogP contribution in [0.2, 0.25) is 0 Å².